The van der Waals surface area contributed by atoms with Crippen LogP contribution in [0.15, 0.2) is 60.7 Å². The van der Waals surface area contributed by atoms with Crippen LogP contribution < -0.4 is 10.6 Å². The van der Waals surface area contributed by atoms with E-state index >= 15 is 0 Å². The van der Waals surface area contributed by atoms with Crippen LogP contribution in [0.1, 0.15) is 37.8 Å². The fourth-order valence-electron chi connectivity index (χ4n) is 4.91. The van der Waals surface area contributed by atoms with Crippen molar-refractivity contribution in [3.63, 3.8) is 0 Å². The second-order valence-corrected chi connectivity index (χ2v) is 9.06. The number of nitrogens with two attached hydrogens (primary N) is 1. The number of rotatable bonds is 3. The van der Waals surface area contributed by atoms with Gasteiger partial charge < -0.3 is 10.6 Å². The van der Waals surface area contributed by atoms with E-state index < -0.39 is 34.7 Å². The average Bonchev–Trinajstić information content (AvgIpc) is 3.04. The summed E-state index contributed by atoms with van der Waals surface area (Å²) in [4.78, 5) is 28.7. The van der Waals surface area contributed by atoms with E-state index in [1.165, 1.54) is 0 Å². The minimum absolute atomic E-state index is 0.0233. The van der Waals surface area contributed by atoms with Gasteiger partial charge in [-0.1, -0.05) is 81.5 Å². The normalized spacial score (nSPS) is 27.1. The summed E-state index contributed by atoms with van der Waals surface area (Å²) in [5.41, 5.74) is 6.25. The number of benzene rings is 2. The first-order valence-corrected chi connectivity index (χ1v) is 10.1. The van der Waals surface area contributed by atoms with Crippen molar-refractivity contribution in [2.24, 2.45) is 16.6 Å². The first-order valence-electron chi connectivity index (χ1n) is 10.1. The molecule has 30 heavy (non-hydrogen) atoms. The van der Waals surface area contributed by atoms with Gasteiger partial charge in [0.25, 0.3) is 0 Å². The Morgan fingerprint density at radius 1 is 1.07 bits per heavy atom. The molecule has 2 aromatic carbocycles. The Morgan fingerprint density at radius 2 is 1.70 bits per heavy atom. The molecule has 2 heterocycles. The number of hydrogen-bond donors (Lipinski definition) is 1. The Kier molecular flexibility index (Phi) is 4.54. The number of carbonyl (C=O) groups is 2. The van der Waals surface area contributed by atoms with Gasteiger partial charge in [0.15, 0.2) is 11.2 Å². The molecule has 0 saturated carbocycles. The Balaban J connectivity index is 2.06. The second kappa shape index (κ2) is 6.84. The fraction of sp³-hybridized carbons (Fsp3) is 0.320. The predicted octanol–water partition coefficient (Wildman–Crippen LogP) is 3.66. The van der Waals surface area contributed by atoms with Crippen molar-refractivity contribution < 1.29 is 9.59 Å². The molecule has 4 rings (SSSR count). The van der Waals surface area contributed by atoms with Crippen molar-refractivity contribution in [1.82, 2.24) is 0 Å². The molecule has 0 spiro atoms. The minimum atomic E-state index is -1.57. The smallest absolute Gasteiger partial charge is 0.241 e. The molecule has 5 heteroatoms. The van der Waals surface area contributed by atoms with Crippen LogP contribution in [0.3, 0.4) is 0 Å². The van der Waals surface area contributed by atoms with Gasteiger partial charge in [0.2, 0.25) is 5.91 Å². The summed E-state index contributed by atoms with van der Waals surface area (Å²) < 4.78 is 0. The Labute approximate surface area is 176 Å². The van der Waals surface area contributed by atoms with Crippen LogP contribution in [-0.4, -0.2) is 23.8 Å². The zero-order chi connectivity index (χ0) is 21.7. The molecule has 0 bridgehead atoms. The van der Waals surface area contributed by atoms with E-state index in [1.807, 2.05) is 92.4 Å². The highest BCUT2D eigenvalue weighted by Gasteiger charge is 2.66. The SMILES string of the molecule is CC(C)(C)C(=O)[C@@H]1C(c2ccccc2)[C@](C#N)(C(N)=O)[C@H]2C=Cc3ccccc3N12. The van der Waals surface area contributed by atoms with E-state index in [2.05, 4.69) is 6.07 Å². The molecular formula is C25H25N3O2. The molecule has 0 radical (unpaired) electrons. The highest BCUT2D eigenvalue weighted by molar-refractivity contribution is 6.00. The molecule has 1 unspecified atom stereocenters. The topological polar surface area (TPSA) is 87.2 Å². The maximum absolute atomic E-state index is 13.8. The van der Waals surface area contributed by atoms with Gasteiger partial charge in [-0.05, 0) is 17.2 Å². The summed E-state index contributed by atoms with van der Waals surface area (Å²) in [5.74, 6) is -1.42. The van der Waals surface area contributed by atoms with E-state index in [0.717, 1.165) is 16.8 Å². The lowest BCUT2D eigenvalue weighted by atomic mass is 9.66. The monoisotopic (exact) mass is 399 g/mol. The van der Waals surface area contributed by atoms with E-state index in [-0.39, 0.29) is 5.78 Å². The third-order valence-electron chi connectivity index (χ3n) is 6.30. The van der Waals surface area contributed by atoms with Gasteiger partial charge in [0.05, 0.1) is 18.2 Å². The zero-order valence-corrected chi connectivity index (χ0v) is 17.4. The van der Waals surface area contributed by atoms with Gasteiger partial charge in [0, 0.05) is 17.0 Å². The van der Waals surface area contributed by atoms with E-state index in [4.69, 9.17) is 5.73 Å². The summed E-state index contributed by atoms with van der Waals surface area (Å²) in [5, 5.41) is 10.4. The van der Waals surface area contributed by atoms with Gasteiger partial charge in [0.1, 0.15) is 0 Å². The molecule has 1 amide bonds. The van der Waals surface area contributed by atoms with Gasteiger partial charge in [-0.15, -0.1) is 0 Å². The summed E-state index contributed by atoms with van der Waals surface area (Å²) in [6.07, 6.45) is 3.76. The molecule has 152 valence electrons. The van der Waals surface area contributed by atoms with Crippen LogP contribution in [0.25, 0.3) is 6.08 Å². The molecule has 5 nitrogen and oxygen atoms in total. The third kappa shape index (κ3) is 2.68. The fourth-order valence-corrected chi connectivity index (χ4v) is 4.91. The molecule has 2 aliphatic rings. The molecule has 0 aliphatic carbocycles. The van der Waals surface area contributed by atoms with Crippen LogP contribution in [-0.2, 0) is 9.59 Å². The largest absolute Gasteiger partial charge is 0.368 e. The van der Waals surface area contributed by atoms with E-state index in [0.29, 0.717) is 0 Å². The molecule has 1 fully saturated rings. The van der Waals surface area contributed by atoms with Crippen molar-refractivity contribution in [2.75, 3.05) is 4.90 Å². The average molecular weight is 399 g/mol. The first-order chi connectivity index (χ1) is 14.2. The number of nitrogens with zero attached hydrogens (tertiary/aromatic N) is 2. The molecule has 2 N–H and O–H groups in total. The maximum atomic E-state index is 13.8. The first kappa shape index (κ1) is 19.9. The standard InChI is InChI=1S/C25H25N3O2/c1-24(2,3)22(29)21-20(17-10-5-4-6-11-17)25(15-26,23(27)30)19-14-13-16-9-7-8-12-18(16)28(19)21/h4-14,19-21H,1-3H3,(H2,27,30)/t19-,20?,21+,25-/m1/s1. The summed E-state index contributed by atoms with van der Waals surface area (Å²) >= 11 is 0. The molecular weight excluding hydrogens is 374 g/mol. The number of carbonyl (C=O) groups excluding carboxylic acids is 2. The Bertz CT molecular complexity index is 1080. The lowest BCUT2D eigenvalue weighted by molar-refractivity contribution is -0.128. The summed E-state index contributed by atoms with van der Waals surface area (Å²) in [6.45, 7) is 5.61. The predicted molar refractivity (Wildman–Crippen MR) is 116 cm³/mol. The zero-order valence-electron chi connectivity index (χ0n) is 17.4. The summed E-state index contributed by atoms with van der Waals surface area (Å²) in [6, 6.07) is 18.0. The van der Waals surface area contributed by atoms with Gasteiger partial charge >= 0.3 is 0 Å². The molecule has 4 atom stereocenters. The van der Waals surface area contributed by atoms with Crippen molar-refractivity contribution in [2.45, 2.75) is 38.8 Å². The van der Waals surface area contributed by atoms with E-state index in [9.17, 15) is 14.9 Å². The number of ketones is 1. The van der Waals surface area contributed by atoms with Crippen molar-refractivity contribution in [1.29, 1.82) is 5.26 Å². The number of para-hydroxylation sites is 1. The highest BCUT2D eigenvalue weighted by atomic mass is 16.1. The number of nitriles is 1. The third-order valence-corrected chi connectivity index (χ3v) is 6.30. The Hall–Kier alpha value is -3.39. The Morgan fingerprint density at radius 3 is 2.30 bits per heavy atom. The van der Waals surface area contributed by atoms with E-state index in [1.54, 1.807) is 0 Å². The van der Waals surface area contributed by atoms with Gasteiger partial charge in [-0.2, -0.15) is 5.26 Å². The number of Topliss-reactive ketones (excluding diaryl/α,β-unsaturated/α-hetero) is 1. The van der Waals surface area contributed by atoms with Gasteiger partial charge in [-0.3, -0.25) is 9.59 Å². The summed E-state index contributed by atoms with van der Waals surface area (Å²) in [7, 11) is 0. The minimum Gasteiger partial charge on any atom is -0.368 e. The van der Waals surface area contributed by atoms with Crippen LogP contribution in [0.4, 0.5) is 5.69 Å². The lowest BCUT2D eigenvalue weighted by Crippen LogP contribution is -2.49. The number of anilines is 1. The van der Waals surface area contributed by atoms with Crippen LogP contribution in [0.5, 0.6) is 0 Å². The van der Waals surface area contributed by atoms with Crippen molar-refractivity contribution >= 4 is 23.5 Å². The van der Waals surface area contributed by atoms with Crippen LogP contribution >= 0.6 is 0 Å². The van der Waals surface area contributed by atoms with Crippen LogP contribution in [0, 0.1) is 22.2 Å². The number of primary amides is 1. The number of fused-ring (bicyclic) bond motifs is 3. The molecule has 2 aromatic rings. The quantitative estimate of drug-likeness (QED) is 0.853. The number of amides is 1. The highest BCUT2D eigenvalue weighted by Crippen LogP contribution is 2.56. The molecule has 1 saturated heterocycles. The molecule has 2 aliphatic heterocycles. The second-order valence-electron chi connectivity index (χ2n) is 9.06. The van der Waals surface area contributed by atoms with Crippen molar-refractivity contribution in [3.8, 4) is 6.07 Å². The lowest BCUT2D eigenvalue weighted by Gasteiger charge is -2.37. The maximum Gasteiger partial charge on any atom is 0.241 e. The van der Waals surface area contributed by atoms with Crippen molar-refractivity contribution in [3.05, 3.63) is 71.8 Å². The number of hydrogen-bond acceptors (Lipinski definition) is 4. The van der Waals surface area contributed by atoms with Crippen LogP contribution in [0.2, 0.25) is 0 Å². The molecule has 0 aromatic heterocycles. The van der Waals surface area contributed by atoms with Gasteiger partial charge in [-0.25, -0.2) is 0 Å².